The molecule has 1 aromatic carbocycles. The van der Waals surface area contributed by atoms with Gasteiger partial charge in [-0.25, -0.2) is 4.79 Å². The van der Waals surface area contributed by atoms with Crippen molar-refractivity contribution >= 4 is 17.6 Å². The molecule has 6 heteroatoms. The molecule has 0 spiro atoms. The number of rotatable bonds is 1. The molecule has 2 N–H and O–H groups in total. The highest BCUT2D eigenvalue weighted by Gasteiger charge is 2.38. The van der Waals surface area contributed by atoms with Crippen molar-refractivity contribution < 1.29 is 9.59 Å². The van der Waals surface area contributed by atoms with Crippen LogP contribution in [0.4, 0.5) is 10.5 Å². The normalized spacial score (nSPS) is 24.0. The lowest BCUT2D eigenvalue weighted by Crippen LogP contribution is -2.63. The van der Waals surface area contributed by atoms with Gasteiger partial charge >= 0.3 is 6.03 Å². The van der Waals surface area contributed by atoms with Gasteiger partial charge in [0.05, 0.1) is 17.7 Å². The third kappa shape index (κ3) is 2.89. The summed E-state index contributed by atoms with van der Waals surface area (Å²) in [6.45, 7) is 0.0882. The maximum atomic E-state index is 12.5. The molecule has 2 fully saturated rings. The van der Waals surface area contributed by atoms with Crippen molar-refractivity contribution in [3.05, 3.63) is 29.8 Å². The summed E-state index contributed by atoms with van der Waals surface area (Å²) in [5, 5.41) is 14.7. The summed E-state index contributed by atoms with van der Waals surface area (Å²) in [7, 11) is 0. The van der Waals surface area contributed by atoms with E-state index in [4.69, 9.17) is 5.26 Å². The quantitative estimate of drug-likeness (QED) is 0.829. The molecule has 3 rings (SSSR count). The fraction of sp³-hybridized carbons (Fsp3) is 0.438. The van der Waals surface area contributed by atoms with E-state index in [2.05, 4.69) is 10.6 Å². The summed E-state index contributed by atoms with van der Waals surface area (Å²) in [6.07, 6.45) is 3.99. The number of anilines is 1. The molecule has 22 heavy (non-hydrogen) atoms. The highest BCUT2D eigenvalue weighted by molar-refractivity contribution is 5.93. The number of hydrogen-bond acceptors (Lipinski definition) is 3. The minimum Gasteiger partial charge on any atom is -0.350 e. The molecule has 0 aromatic heterocycles. The maximum Gasteiger partial charge on any atom is 0.322 e. The van der Waals surface area contributed by atoms with Crippen LogP contribution in [0.2, 0.25) is 0 Å². The van der Waals surface area contributed by atoms with Crippen LogP contribution in [-0.2, 0) is 4.79 Å². The van der Waals surface area contributed by atoms with Crippen molar-refractivity contribution in [2.45, 2.75) is 37.8 Å². The monoisotopic (exact) mass is 298 g/mol. The van der Waals surface area contributed by atoms with Crippen LogP contribution in [0.15, 0.2) is 24.3 Å². The second kappa shape index (κ2) is 6.06. The van der Waals surface area contributed by atoms with Gasteiger partial charge in [-0.3, -0.25) is 4.79 Å². The standard InChI is InChI=1S/C16H18N4O2/c17-9-11-4-3-5-12(8-11)18-16(22)20-10-15(21)19-13-6-1-2-7-14(13)20/h3-5,8,13-14H,1-2,6-7,10H2,(H,18,22)(H,19,21)/t13-,14+/m1/s1. The third-order valence-electron chi connectivity index (χ3n) is 4.29. The van der Waals surface area contributed by atoms with E-state index in [1.54, 1.807) is 29.2 Å². The van der Waals surface area contributed by atoms with Gasteiger partial charge in [0.2, 0.25) is 5.91 Å². The Kier molecular flexibility index (Phi) is 3.96. The Morgan fingerprint density at radius 2 is 2.18 bits per heavy atom. The fourth-order valence-corrected chi connectivity index (χ4v) is 3.26. The number of nitrogens with one attached hydrogen (secondary N) is 2. The summed E-state index contributed by atoms with van der Waals surface area (Å²) >= 11 is 0. The van der Waals surface area contributed by atoms with E-state index in [0.717, 1.165) is 25.7 Å². The van der Waals surface area contributed by atoms with Gasteiger partial charge in [-0.05, 0) is 31.0 Å². The molecule has 1 saturated carbocycles. The predicted molar refractivity (Wildman–Crippen MR) is 81.1 cm³/mol. The number of amides is 3. The van der Waals surface area contributed by atoms with E-state index >= 15 is 0 Å². The predicted octanol–water partition coefficient (Wildman–Crippen LogP) is 1.83. The van der Waals surface area contributed by atoms with Gasteiger partial charge in [0.15, 0.2) is 0 Å². The Bertz CT molecular complexity index is 637. The van der Waals surface area contributed by atoms with Gasteiger partial charge in [0, 0.05) is 11.7 Å². The molecular formula is C16H18N4O2. The van der Waals surface area contributed by atoms with Crippen molar-refractivity contribution in [3.8, 4) is 6.07 Å². The number of carbonyl (C=O) groups excluding carboxylic acids is 2. The lowest BCUT2D eigenvalue weighted by Gasteiger charge is -2.43. The topological polar surface area (TPSA) is 85.2 Å². The van der Waals surface area contributed by atoms with Crippen LogP contribution >= 0.6 is 0 Å². The first-order chi connectivity index (χ1) is 10.7. The van der Waals surface area contributed by atoms with Gasteiger partial charge in [-0.1, -0.05) is 18.9 Å². The molecule has 1 saturated heterocycles. The fourth-order valence-electron chi connectivity index (χ4n) is 3.26. The largest absolute Gasteiger partial charge is 0.350 e. The lowest BCUT2D eigenvalue weighted by molar-refractivity contribution is -0.126. The average Bonchev–Trinajstić information content (AvgIpc) is 2.54. The molecule has 1 aliphatic heterocycles. The number of urea groups is 1. The van der Waals surface area contributed by atoms with E-state index in [0.29, 0.717) is 11.3 Å². The average molecular weight is 298 g/mol. The lowest BCUT2D eigenvalue weighted by atomic mass is 9.87. The Hall–Kier alpha value is -2.55. The van der Waals surface area contributed by atoms with Gasteiger partial charge in [0.25, 0.3) is 0 Å². The molecule has 6 nitrogen and oxygen atoms in total. The maximum absolute atomic E-state index is 12.5. The van der Waals surface area contributed by atoms with Crippen LogP contribution in [0, 0.1) is 11.3 Å². The first kappa shape index (κ1) is 14.4. The molecule has 2 atom stereocenters. The molecule has 2 aliphatic rings. The third-order valence-corrected chi connectivity index (χ3v) is 4.29. The summed E-state index contributed by atoms with van der Waals surface area (Å²) < 4.78 is 0. The first-order valence-corrected chi connectivity index (χ1v) is 7.54. The van der Waals surface area contributed by atoms with Gasteiger partial charge in [-0.2, -0.15) is 5.26 Å². The zero-order chi connectivity index (χ0) is 15.5. The molecular weight excluding hydrogens is 280 g/mol. The number of carbonyl (C=O) groups is 2. The number of hydrogen-bond donors (Lipinski definition) is 2. The molecule has 1 heterocycles. The molecule has 1 aromatic rings. The zero-order valence-electron chi connectivity index (χ0n) is 12.2. The number of nitriles is 1. The Morgan fingerprint density at radius 1 is 1.36 bits per heavy atom. The number of benzene rings is 1. The Morgan fingerprint density at radius 3 is 3.00 bits per heavy atom. The van der Waals surface area contributed by atoms with Crippen molar-refractivity contribution in [2.75, 3.05) is 11.9 Å². The van der Waals surface area contributed by atoms with Crippen molar-refractivity contribution in [2.24, 2.45) is 0 Å². The van der Waals surface area contributed by atoms with Crippen LogP contribution in [0.1, 0.15) is 31.2 Å². The number of fused-ring (bicyclic) bond motifs is 1. The molecule has 0 bridgehead atoms. The van der Waals surface area contributed by atoms with Crippen LogP contribution in [-0.4, -0.2) is 35.5 Å². The van der Waals surface area contributed by atoms with E-state index in [9.17, 15) is 9.59 Å². The SMILES string of the molecule is N#Cc1cccc(NC(=O)N2CC(=O)N[C@@H]3CCCC[C@@H]32)c1. The highest BCUT2D eigenvalue weighted by atomic mass is 16.2. The summed E-state index contributed by atoms with van der Waals surface area (Å²) in [5.41, 5.74) is 1.06. The Labute approximate surface area is 129 Å². The van der Waals surface area contributed by atoms with Crippen molar-refractivity contribution in [3.63, 3.8) is 0 Å². The van der Waals surface area contributed by atoms with Crippen LogP contribution < -0.4 is 10.6 Å². The zero-order valence-corrected chi connectivity index (χ0v) is 12.2. The van der Waals surface area contributed by atoms with Gasteiger partial charge < -0.3 is 15.5 Å². The van der Waals surface area contributed by atoms with Gasteiger partial charge in [0.1, 0.15) is 6.54 Å². The van der Waals surface area contributed by atoms with Crippen molar-refractivity contribution in [1.29, 1.82) is 5.26 Å². The minimum atomic E-state index is -0.276. The second-order valence-corrected chi connectivity index (χ2v) is 5.78. The van der Waals surface area contributed by atoms with E-state index in [1.165, 1.54) is 0 Å². The summed E-state index contributed by atoms with van der Waals surface area (Å²) in [5.74, 6) is -0.107. The van der Waals surface area contributed by atoms with E-state index < -0.39 is 0 Å². The van der Waals surface area contributed by atoms with E-state index in [1.807, 2.05) is 6.07 Å². The van der Waals surface area contributed by atoms with Crippen LogP contribution in [0.25, 0.3) is 0 Å². The second-order valence-electron chi connectivity index (χ2n) is 5.78. The van der Waals surface area contributed by atoms with E-state index in [-0.39, 0.29) is 30.6 Å². The van der Waals surface area contributed by atoms with Gasteiger partial charge in [-0.15, -0.1) is 0 Å². The molecule has 114 valence electrons. The van der Waals surface area contributed by atoms with Crippen LogP contribution in [0.5, 0.6) is 0 Å². The number of nitrogens with zero attached hydrogens (tertiary/aromatic N) is 2. The molecule has 0 unspecified atom stereocenters. The summed E-state index contributed by atoms with van der Waals surface area (Å²) in [4.78, 5) is 26.0. The summed E-state index contributed by atoms with van der Waals surface area (Å²) in [6, 6.07) is 8.66. The smallest absolute Gasteiger partial charge is 0.322 e. The molecule has 0 radical (unpaired) electrons. The van der Waals surface area contributed by atoms with Crippen molar-refractivity contribution in [1.82, 2.24) is 10.2 Å². The minimum absolute atomic E-state index is 0.0607. The van der Waals surface area contributed by atoms with Crippen LogP contribution in [0.3, 0.4) is 0 Å². The first-order valence-electron chi connectivity index (χ1n) is 7.54. The molecule has 3 amide bonds. The number of piperazine rings is 1. The highest BCUT2D eigenvalue weighted by Crippen LogP contribution is 2.26. The Balaban J connectivity index is 1.75. The molecule has 1 aliphatic carbocycles.